The maximum Gasteiger partial charge on any atom is 0.213 e. The van der Waals surface area contributed by atoms with Gasteiger partial charge in [-0.05, 0) is 50.5 Å². The molecule has 132 valence electrons. The van der Waals surface area contributed by atoms with Gasteiger partial charge in [0, 0.05) is 12.5 Å². The number of hydrogen-bond acceptors (Lipinski definition) is 4. The number of aromatic nitrogens is 1. The van der Waals surface area contributed by atoms with Crippen molar-refractivity contribution in [3.05, 3.63) is 54.2 Å². The lowest BCUT2D eigenvalue weighted by Crippen LogP contribution is -2.06. The second-order valence-corrected chi connectivity index (χ2v) is 6.41. The molecule has 2 rings (SSSR count). The van der Waals surface area contributed by atoms with E-state index in [0.29, 0.717) is 18.1 Å². The maximum absolute atomic E-state index is 11.1. The van der Waals surface area contributed by atoms with E-state index < -0.39 is 0 Å². The van der Waals surface area contributed by atoms with Crippen molar-refractivity contribution in [2.45, 2.75) is 40.2 Å². The van der Waals surface area contributed by atoms with Gasteiger partial charge in [-0.1, -0.05) is 31.2 Å². The SMILES string of the molecule is CC(=O)CC(C)/C=C/c1ccc(Oc2ccc(OC(C)C)nc2)cc1. The lowest BCUT2D eigenvalue weighted by Gasteiger charge is -2.09. The van der Waals surface area contributed by atoms with Crippen molar-refractivity contribution in [1.82, 2.24) is 4.98 Å². The van der Waals surface area contributed by atoms with E-state index in [2.05, 4.69) is 11.1 Å². The van der Waals surface area contributed by atoms with E-state index >= 15 is 0 Å². The molecule has 4 nitrogen and oxygen atoms in total. The molecule has 1 aromatic carbocycles. The highest BCUT2D eigenvalue weighted by molar-refractivity contribution is 5.76. The van der Waals surface area contributed by atoms with E-state index in [1.54, 1.807) is 19.2 Å². The van der Waals surface area contributed by atoms with Gasteiger partial charge in [-0.2, -0.15) is 0 Å². The summed E-state index contributed by atoms with van der Waals surface area (Å²) in [5, 5.41) is 0. The molecule has 1 aromatic heterocycles. The molecule has 1 heterocycles. The number of hydrogen-bond donors (Lipinski definition) is 0. The molecule has 1 unspecified atom stereocenters. The highest BCUT2D eigenvalue weighted by atomic mass is 16.5. The Balaban J connectivity index is 1.93. The number of ketones is 1. The van der Waals surface area contributed by atoms with Crippen LogP contribution in [-0.4, -0.2) is 16.9 Å². The first-order valence-corrected chi connectivity index (χ1v) is 8.50. The average Bonchev–Trinajstić information content (AvgIpc) is 2.55. The van der Waals surface area contributed by atoms with Crippen molar-refractivity contribution in [3.8, 4) is 17.4 Å². The van der Waals surface area contributed by atoms with E-state index in [9.17, 15) is 4.79 Å². The molecule has 0 fully saturated rings. The van der Waals surface area contributed by atoms with Gasteiger partial charge in [0.15, 0.2) is 0 Å². The number of nitrogens with zero attached hydrogens (tertiary/aromatic N) is 1. The summed E-state index contributed by atoms with van der Waals surface area (Å²) >= 11 is 0. The number of carbonyl (C=O) groups excluding carboxylic acids is 1. The number of pyridine rings is 1. The minimum absolute atomic E-state index is 0.0954. The van der Waals surface area contributed by atoms with E-state index in [0.717, 1.165) is 11.3 Å². The lowest BCUT2D eigenvalue weighted by molar-refractivity contribution is -0.117. The first kappa shape index (κ1) is 18.7. The van der Waals surface area contributed by atoms with Crippen LogP contribution < -0.4 is 9.47 Å². The Kier molecular flexibility index (Phi) is 6.75. The second kappa shape index (κ2) is 9.02. The average molecular weight is 339 g/mol. The van der Waals surface area contributed by atoms with Crippen LogP contribution in [-0.2, 0) is 4.79 Å². The topological polar surface area (TPSA) is 48.4 Å². The summed E-state index contributed by atoms with van der Waals surface area (Å²) in [6.07, 6.45) is 6.39. The molecule has 0 amide bonds. The summed E-state index contributed by atoms with van der Waals surface area (Å²) in [5.74, 6) is 2.44. The largest absolute Gasteiger partial charge is 0.475 e. The Morgan fingerprint density at radius 3 is 2.32 bits per heavy atom. The van der Waals surface area contributed by atoms with Crippen LogP contribution in [0, 0.1) is 5.92 Å². The molecule has 25 heavy (non-hydrogen) atoms. The Morgan fingerprint density at radius 1 is 1.08 bits per heavy atom. The normalized spacial score (nSPS) is 12.4. The highest BCUT2D eigenvalue weighted by Crippen LogP contribution is 2.23. The van der Waals surface area contributed by atoms with Crippen molar-refractivity contribution < 1.29 is 14.3 Å². The van der Waals surface area contributed by atoms with Gasteiger partial charge in [0.2, 0.25) is 5.88 Å². The van der Waals surface area contributed by atoms with Crippen LogP contribution in [0.3, 0.4) is 0 Å². The van der Waals surface area contributed by atoms with Gasteiger partial charge >= 0.3 is 0 Å². The van der Waals surface area contributed by atoms with Crippen molar-refractivity contribution >= 4 is 11.9 Å². The van der Waals surface area contributed by atoms with Gasteiger partial charge in [-0.25, -0.2) is 4.98 Å². The molecule has 4 heteroatoms. The number of ether oxygens (including phenoxy) is 2. The van der Waals surface area contributed by atoms with Crippen molar-refractivity contribution in [3.63, 3.8) is 0 Å². The number of allylic oxidation sites excluding steroid dienone is 1. The van der Waals surface area contributed by atoms with Crippen LogP contribution in [0.2, 0.25) is 0 Å². The third kappa shape index (κ3) is 6.79. The van der Waals surface area contributed by atoms with E-state index in [1.807, 2.05) is 57.2 Å². The summed E-state index contributed by atoms with van der Waals surface area (Å²) in [6.45, 7) is 7.58. The monoisotopic (exact) mass is 339 g/mol. The van der Waals surface area contributed by atoms with Crippen LogP contribution >= 0.6 is 0 Å². The first-order valence-electron chi connectivity index (χ1n) is 8.50. The zero-order valence-corrected chi connectivity index (χ0v) is 15.2. The minimum Gasteiger partial charge on any atom is -0.475 e. The van der Waals surface area contributed by atoms with E-state index in [1.165, 1.54) is 0 Å². The lowest BCUT2D eigenvalue weighted by atomic mass is 10.0. The quantitative estimate of drug-likeness (QED) is 0.655. The summed E-state index contributed by atoms with van der Waals surface area (Å²) in [7, 11) is 0. The molecule has 0 aliphatic carbocycles. The van der Waals surface area contributed by atoms with E-state index in [-0.39, 0.29) is 17.8 Å². The predicted molar refractivity (Wildman–Crippen MR) is 100 cm³/mol. The van der Waals surface area contributed by atoms with Gasteiger partial charge < -0.3 is 14.3 Å². The van der Waals surface area contributed by atoms with Crippen LogP contribution in [0.1, 0.15) is 39.7 Å². The molecule has 0 bridgehead atoms. The van der Waals surface area contributed by atoms with Crippen LogP contribution in [0.15, 0.2) is 48.7 Å². The number of benzene rings is 1. The molecular formula is C21H25NO3. The van der Waals surface area contributed by atoms with Crippen molar-refractivity contribution in [1.29, 1.82) is 0 Å². The smallest absolute Gasteiger partial charge is 0.213 e. The fraction of sp³-hybridized carbons (Fsp3) is 0.333. The molecule has 0 aliphatic heterocycles. The first-order chi connectivity index (χ1) is 11.9. The zero-order chi connectivity index (χ0) is 18.2. The zero-order valence-electron chi connectivity index (χ0n) is 15.2. The molecule has 2 aromatic rings. The van der Waals surface area contributed by atoms with Crippen LogP contribution in [0.5, 0.6) is 17.4 Å². The minimum atomic E-state index is 0.0954. The number of Topliss-reactive ketones (excluding diaryl/α,β-unsaturated/α-hetero) is 1. The Labute approximate surface area is 149 Å². The fourth-order valence-electron chi connectivity index (χ4n) is 2.32. The predicted octanol–water partition coefficient (Wildman–Crippen LogP) is 5.29. The summed E-state index contributed by atoms with van der Waals surface area (Å²) in [6, 6.07) is 11.4. The molecule has 0 saturated carbocycles. The summed E-state index contributed by atoms with van der Waals surface area (Å²) in [4.78, 5) is 15.3. The Bertz CT molecular complexity index is 703. The molecule has 0 spiro atoms. The molecule has 0 saturated heterocycles. The van der Waals surface area contributed by atoms with Gasteiger partial charge in [0.1, 0.15) is 17.3 Å². The molecule has 0 radical (unpaired) electrons. The maximum atomic E-state index is 11.1. The van der Waals surface area contributed by atoms with Gasteiger partial charge in [0.05, 0.1) is 12.3 Å². The van der Waals surface area contributed by atoms with Crippen LogP contribution in [0.25, 0.3) is 6.08 Å². The Morgan fingerprint density at radius 2 is 1.76 bits per heavy atom. The number of rotatable bonds is 8. The van der Waals surface area contributed by atoms with Gasteiger partial charge in [-0.3, -0.25) is 0 Å². The molecule has 0 aliphatic rings. The second-order valence-electron chi connectivity index (χ2n) is 6.41. The molecule has 1 atom stereocenters. The van der Waals surface area contributed by atoms with E-state index in [4.69, 9.17) is 9.47 Å². The summed E-state index contributed by atoms with van der Waals surface area (Å²) < 4.78 is 11.3. The van der Waals surface area contributed by atoms with Gasteiger partial charge in [0.25, 0.3) is 0 Å². The van der Waals surface area contributed by atoms with Gasteiger partial charge in [-0.15, -0.1) is 0 Å². The third-order valence-electron chi connectivity index (χ3n) is 3.41. The third-order valence-corrected chi connectivity index (χ3v) is 3.41. The van der Waals surface area contributed by atoms with Crippen LogP contribution in [0.4, 0.5) is 0 Å². The summed E-state index contributed by atoms with van der Waals surface area (Å²) in [5.41, 5.74) is 1.07. The van der Waals surface area contributed by atoms with Crippen molar-refractivity contribution in [2.75, 3.05) is 0 Å². The van der Waals surface area contributed by atoms with Crippen molar-refractivity contribution in [2.24, 2.45) is 5.92 Å². The standard InChI is InChI=1S/C21H25NO3/c1-15(2)24-21-12-11-20(14-22-21)25-19-9-7-18(8-10-19)6-5-16(3)13-17(4)23/h5-12,14-16H,13H2,1-4H3/b6-5+. The highest BCUT2D eigenvalue weighted by Gasteiger charge is 2.03. The molecular weight excluding hydrogens is 314 g/mol. The fourth-order valence-corrected chi connectivity index (χ4v) is 2.32. The Hall–Kier alpha value is -2.62. The number of carbonyl (C=O) groups is 1. The molecule has 0 N–H and O–H groups in total.